The van der Waals surface area contributed by atoms with Gasteiger partial charge < -0.3 is 0 Å². The van der Waals surface area contributed by atoms with Crippen molar-refractivity contribution in [2.24, 2.45) is 5.92 Å². The molecular weight excluding hydrogens is 207 g/mol. The van der Waals surface area contributed by atoms with Gasteiger partial charge in [0.2, 0.25) is 0 Å². The number of unbranched alkanes of at least 4 members (excludes halogenated alkanes) is 2. The lowest BCUT2D eigenvalue weighted by Gasteiger charge is -2.18. The van der Waals surface area contributed by atoms with Gasteiger partial charge in [-0.25, -0.2) is 9.79 Å². The normalized spacial score (nSPS) is 14.2. The first kappa shape index (κ1) is 15.3. The van der Waals surface area contributed by atoms with Crippen LogP contribution in [0.4, 0.5) is 0 Å². The van der Waals surface area contributed by atoms with Gasteiger partial charge in [-0.1, -0.05) is 40.0 Å². The smallest absolute Gasteiger partial charge is 0.220 e. The molecule has 0 saturated carbocycles. The zero-order valence-electron chi connectivity index (χ0n) is 10.6. The van der Waals surface area contributed by atoms with Crippen LogP contribution in [0.25, 0.3) is 0 Å². The topological polar surface area (TPSA) is 40.5 Å². The van der Waals surface area contributed by atoms with E-state index in [-0.39, 0.29) is 0 Å². The summed E-state index contributed by atoms with van der Waals surface area (Å²) in [4.78, 5) is 19.8. The Morgan fingerprint density at radius 2 is 1.60 bits per heavy atom. The van der Waals surface area contributed by atoms with E-state index >= 15 is 0 Å². The van der Waals surface area contributed by atoms with Gasteiger partial charge in [-0.05, 0) is 25.2 Å². The molecule has 0 fully saturated rings. The molecule has 2 nitrogen and oxygen atoms in total. The molecular formula is C12H28O2P+. The monoisotopic (exact) mass is 235 g/mol. The van der Waals surface area contributed by atoms with Crippen molar-refractivity contribution >= 4 is 7.72 Å². The van der Waals surface area contributed by atoms with E-state index in [0.29, 0.717) is 18.2 Å². The highest BCUT2D eigenvalue weighted by molar-refractivity contribution is 7.64. The quantitative estimate of drug-likeness (QED) is 0.596. The van der Waals surface area contributed by atoms with E-state index < -0.39 is 7.72 Å². The Kier molecular flexibility index (Phi) is 8.69. The number of hydrogen-bond acceptors (Lipinski definition) is 2. The van der Waals surface area contributed by atoms with E-state index in [9.17, 15) is 9.79 Å². The molecule has 3 heteroatoms. The maximum absolute atomic E-state index is 9.91. The summed E-state index contributed by atoms with van der Waals surface area (Å²) in [7, 11) is -2.57. The molecule has 1 atom stereocenters. The van der Waals surface area contributed by atoms with E-state index in [0.717, 1.165) is 25.7 Å². The van der Waals surface area contributed by atoms with Gasteiger partial charge in [-0.15, -0.1) is 0 Å². The summed E-state index contributed by atoms with van der Waals surface area (Å²) in [5.41, 5.74) is 0. The molecule has 0 aliphatic rings. The van der Waals surface area contributed by atoms with Crippen LogP contribution in [0.3, 0.4) is 0 Å². The highest BCUT2D eigenvalue weighted by Crippen LogP contribution is 2.53. The van der Waals surface area contributed by atoms with Crippen LogP contribution in [0.2, 0.25) is 0 Å². The molecule has 15 heavy (non-hydrogen) atoms. The Balaban J connectivity index is 3.90. The second-order valence-corrected chi connectivity index (χ2v) is 7.12. The fraction of sp³-hybridized carbons (Fsp3) is 1.00. The molecule has 0 radical (unpaired) electrons. The average molecular weight is 235 g/mol. The van der Waals surface area contributed by atoms with E-state index in [2.05, 4.69) is 20.8 Å². The van der Waals surface area contributed by atoms with Gasteiger partial charge >= 0.3 is 0 Å². The standard InChI is InChI=1S/C12H28O2P/c1-4-7-9-12(6-3)11-15(13,14)10-8-5-2/h12-14H,4-11H2,1-3H3/q+1. The van der Waals surface area contributed by atoms with E-state index in [1.165, 1.54) is 12.8 Å². The molecule has 92 valence electrons. The van der Waals surface area contributed by atoms with Crippen molar-refractivity contribution in [1.29, 1.82) is 0 Å². The third kappa shape index (κ3) is 8.19. The lowest BCUT2D eigenvalue weighted by molar-refractivity contribution is 0.410. The predicted octanol–water partition coefficient (Wildman–Crippen LogP) is 3.84. The molecule has 0 rings (SSSR count). The van der Waals surface area contributed by atoms with Crippen molar-refractivity contribution < 1.29 is 9.79 Å². The van der Waals surface area contributed by atoms with Crippen molar-refractivity contribution in [1.82, 2.24) is 0 Å². The molecule has 0 spiro atoms. The van der Waals surface area contributed by atoms with Crippen LogP contribution in [-0.2, 0) is 0 Å². The summed E-state index contributed by atoms with van der Waals surface area (Å²) in [6, 6.07) is 0. The predicted molar refractivity (Wildman–Crippen MR) is 69.3 cm³/mol. The first-order chi connectivity index (χ1) is 7.05. The minimum atomic E-state index is -2.57. The zero-order chi connectivity index (χ0) is 11.7. The lowest BCUT2D eigenvalue weighted by atomic mass is 10.0. The lowest BCUT2D eigenvalue weighted by Crippen LogP contribution is -2.12. The van der Waals surface area contributed by atoms with Crippen molar-refractivity contribution in [2.45, 2.75) is 59.3 Å². The summed E-state index contributed by atoms with van der Waals surface area (Å²) < 4.78 is 0. The van der Waals surface area contributed by atoms with Crippen molar-refractivity contribution in [2.75, 3.05) is 12.3 Å². The molecule has 0 amide bonds. The summed E-state index contributed by atoms with van der Waals surface area (Å²) in [6.45, 7) is 6.43. The average Bonchev–Trinajstić information content (AvgIpc) is 2.21. The fourth-order valence-corrected chi connectivity index (χ4v) is 4.11. The maximum atomic E-state index is 9.91. The maximum Gasteiger partial charge on any atom is 0.268 e. The minimum Gasteiger partial charge on any atom is -0.220 e. The van der Waals surface area contributed by atoms with E-state index in [1.54, 1.807) is 0 Å². The SMILES string of the molecule is CCCCC(CC)C[P+](O)(O)CCCC. The first-order valence-electron chi connectivity index (χ1n) is 6.38. The Bertz CT molecular complexity index is 149. The van der Waals surface area contributed by atoms with Crippen LogP contribution in [0.5, 0.6) is 0 Å². The fourth-order valence-electron chi connectivity index (χ4n) is 1.83. The Labute approximate surface area is 95.6 Å². The van der Waals surface area contributed by atoms with Crippen LogP contribution in [0, 0.1) is 5.92 Å². The zero-order valence-corrected chi connectivity index (χ0v) is 11.5. The van der Waals surface area contributed by atoms with Crippen LogP contribution >= 0.6 is 7.72 Å². The Morgan fingerprint density at radius 1 is 1.00 bits per heavy atom. The largest absolute Gasteiger partial charge is 0.268 e. The number of rotatable bonds is 9. The second kappa shape index (κ2) is 8.50. The van der Waals surface area contributed by atoms with Gasteiger partial charge in [0.05, 0.1) is 0 Å². The first-order valence-corrected chi connectivity index (χ1v) is 8.44. The Morgan fingerprint density at radius 3 is 2.07 bits per heavy atom. The van der Waals surface area contributed by atoms with Crippen LogP contribution in [0.15, 0.2) is 0 Å². The molecule has 0 bridgehead atoms. The van der Waals surface area contributed by atoms with Gasteiger partial charge in [0.1, 0.15) is 12.3 Å². The second-order valence-electron chi connectivity index (χ2n) is 4.55. The summed E-state index contributed by atoms with van der Waals surface area (Å²) in [5, 5.41) is 0. The highest BCUT2D eigenvalue weighted by Gasteiger charge is 2.34. The van der Waals surface area contributed by atoms with Crippen LogP contribution in [-0.4, -0.2) is 22.1 Å². The molecule has 0 aliphatic heterocycles. The minimum absolute atomic E-state index is 0.519. The van der Waals surface area contributed by atoms with Gasteiger partial charge in [-0.3, -0.25) is 0 Å². The van der Waals surface area contributed by atoms with E-state index in [1.807, 2.05) is 0 Å². The van der Waals surface area contributed by atoms with Gasteiger partial charge in [0.15, 0.2) is 0 Å². The van der Waals surface area contributed by atoms with E-state index in [4.69, 9.17) is 0 Å². The molecule has 0 saturated heterocycles. The summed E-state index contributed by atoms with van der Waals surface area (Å²) in [5.74, 6) is 0.519. The van der Waals surface area contributed by atoms with Gasteiger partial charge in [-0.2, -0.15) is 0 Å². The molecule has 0 aliphatic carbocycles. The molecule has 0 aromatic carbocycles. The van der Waals surface area contributed by atoms with Crippen molar-refractivity contribution in [3.63, 3.8) is 0 Å². The third-order valence-corrected chi connectivity index (χ3v) is 5.10. The summed E-state index contributed by atoms with van der Waals surface area (Å²) >= 11 is 0. The van der Waals surface area contributed by atoms with Crippen molar-refractivity contribution in [3.05, 3.63) is 0 Å². The highest BCUT2D eigenvalue weighted by atomic mass is 31.2. The molecule has 0 aromatic heterocycles. The van der Waals surface area contributed by atoms with Gasteiger partial charge in [0, 0.05) is 0 Å². The van der Waals surface area contributed by atoms with Crippen molar-refractivity contribution in [3.8, 4) is 0 Å². The Hall–Kier alpha value is 0.350. The van der Waals surface area contributed by atoms with Crippen LogP contribution in [0.1, 0.15) is 59.3 Å². The number of hydrogen-bond donors (Lipinski definition) is 2. The molecule has 2 N–H and O–H groups in total. The van der Waals surface area contributed by atoms with Gasteiger partial charge in [0.25, 0.3) is 7.72 Å². The third-order valence-electron chi connectivity index (χ3n) is 2.96. The summed E-state index contributed by atoms with van der Waals surface area (Å²) in [6.07, 6.45) is 7.94. The van der Waals surface area contributed by atoms with Crippen LogP contribution < -0.4 is 0 Å². The molecule has 0 heterocycles. The molecule has 0 aromatic rings. The molecule has 1 unspecified atom stereocenters.